The highest BCUT2D eigenvalue weighted by atomic mass is 15.2. The Bertz CT molecular complexity index is 4780. The van der Waals surface area contributed by atoms with Gasteiger partial charge in [-0.3, -0.25) is 0 Å². The van der Waals surface area contributed by atoms with Crippen LogP contribution in [0.4, 0.5) is 34.1 Å². The fourth-order valence-corrected chi connectivity index (χ4v) is 13.5. The van der Waals surface area contributed by atoms with Crippen LogP contribution in [0.3, 0.4) is 0 Å². The summed E-state index contributed by atoms with van der Waals surface area (Å²) in [4.78, 5) is 5.07. The molecule has 2 aliphatic rings. The van der Waals surface area contributed by atoms with Crippen molar-refractivity contribution in [1.29, 1.82) is 10.5 Å². The summed E-state index contributed by atoms with van der Waals surface area (Å²) in [5.74, 6) is 0. The predicted molar refractivity (Wildman–Crippen MR) is 357 cm³/mol. The third-order valence-corrected chi connectivity index (χ3v) is 17.3. The molecule has 86 heavy (non-hydrogen) atoms. The molecule has 0 saturated carbocycles. The number of rotatable bonds is 9. The van der Waals surface area contributed by atoms with E-state index in [9.17, 15) is 10.5 Å². The van der Waals surface area contributed by atoms with E-state index < -0.39 is 0 Å². The average Bonchev–Trinajstić information content (AvgIpc) is 0.953. The molecule has 0 bridgehead atoms. The molecular formula is C80H50BN5. The molecule has 14 aromatic rings. The van der Waals surface area contributed by atoms with Crippen molar-refractivity contribution < 1.29 is 0 Å². The molecule has 0 spiro atoms. The van der Waals surface area contributed by atoms with Crippen LogP contribution in [0.2, 0.25) is 0 Å². The van der Waals surface area contributed by atoms with Crippen molar-refractivity contribution in [1.82, 2.24) is 4.57 Å². The van der Waals surface area contributed by atoms with E-state index in [4.69, 9.17) is 0 Å². The lowest BCUT2D eigenvalue weighted by atomic mass is 9.33. The van der Waals surface area contributed by atoms with Gasteiger partial charge in [0, 0.05) is 50.5 Å². The molecule has 0 fully saturated rings. The van der Waals surface area contributed by atoms with Gasteiger partial charge in [-0.15, -0.1) is 0 Å². The molecule has 13 aromatic carbocycles. The minimum Gasteiger partial charge on any atom is -0.311 e. The van der Waals surface area contributed by atoms with E-state index in [2.05, 4.69) is 287 Å². The van der Waals surface area contributed by atoms with Gasteiger partial charge in [-0.25, -0.2) is 0 Å². The van der Waals surface area contributed by atoms with Crippen molar-refractivity contribution in [2.75, 3.05) is 9.80 Å². The fraction of sp³-hybridized carbons (Fsp3) is 0. The van der Waals surface area contributed by atoms with E-state index in [-0.39, 0.29) is 6.71 Å². The molecule has 2 aliphatic heterocycles. The minimum atomic E-state index is -0.0957. The summed E-state index contributed by atoms with van der Waals surface area (Å²) in [5.41, 5.74) is 27.4. The van der Waals surface area contributed by atoms with E-state index in [0.717, 1.165) is 128 Å². The van der Waals surface area contributed by atoms with Crippen molar-refractivity contribution in [3.63, 3.8) is 0 Å². The third-order valence-electron chi connectivity index (χ3n) is 17.3. The smallest absolute Gasteiger partial charge is 0.252 e. The van der Waals surface area contributed by atoms with Crippen LogP contribution >= 0.6 is 0 Å². The summed E-state index contributed by atoms with van der Waals surface area (Å²) < 4.78 is 2.32. The topological polar surface area (TPSA) is 59.0 Å². The number of aromatic nitrogens is 1. The molecule has 16 rings (SSSR count). The van der Waals surface area contributed by atoms with Gasteiger partial charge in [-0.2, -0.15) is 10.5 Å². The number of nitriles is 2. The number of fused-ring (bicyclic) bond motifs is 7. The second-order valence-electron chi connectivity index (χ2n) is 22.3. The lowest BCUT2D eigenvalue weighted by Gasteiger charge is -2.44. The highest BCUT2D eigenvalue weighted by Crippen LogP contribution is 2.49. The number of nitrogens with zero attached hydrogens (tertiary/aromatic N) is 5. The van der Waals surface area contributed by atoms with Crippen LogP contribution in [0.25, 0.3) is 94.3 Å². The summed E-state index contributed by atoms with van der Waals surface area (Å²) in [5, 5.41) is 22.4. The molecule has 0 aliphatic carbocycles. The molecule has 0 N–H and O–H groups in total. The Labute approximate surface area is 500 Å². The lowest BCUT2D eigenvalue weighted by molar-refractivity contribution is 1.18. The zero-order chi connectivity index (χ0) is 57.2. The number of benzene rings is 13. The third kappa shape index (κ3) is 8.39. The molecule has 0 unspecified atom stereocenters. The normalized spacial score (nSPS) is 12.1. The monoisotopic (exact) mass is 1090 g/mol. The number of anilines is 6. The Morgan fingerprint density at radius 1 is 0.267 bits per heavy atom. The molecule has 0 radical (unpaired) electrons. The molecule has 0 atom stereocenters. The molecule has 0 amide bonds. The van der Waals surface area contributed by atoms with Crippen LogP contribution in [-0.2, 0) is 0 Å². The Hall–Kier alpha value is -11.7. The average molecular weight is 1090 g/mol. The van der Waals surface area contributed by atoms with E-state index >= 15 is 0 Å². The first kappa shape index (κ1) is 50.1. The quantitative estimate of drug-likeness (QED) is 0.135. The van der Waals surface area contributed by atoms with E-state index in [0.29, 0.717) is 11.1 Å². The van der Waals surface area contributed by atoms with Gasteiger partial charge in [0.1, 0.15) is 0 Å². The van der Waals surface area contributed by atoms with Gasteiger partial charge < -0.3 is 14.4 Å². The van der Waals surface area contributed by atoms with Crippen LogP contribution in [-0.4, -0.2) is 11.3 Å². The van der Waals surface area contributed by atoms with Gasteiger partial charge in [0.2, 0.25) is 0 Å². The summed E-state index contributed by atoms with van der Waals surface area (Å²) in [6, 6.07) is 114. The standard InChI is InChI=1S/C80H50BN5/c82-51-53-20-19-29-60(40-53)69-41-54(52-83)36-38-74(69)86-73-33-16-13-30-68(73)70-48-59(37-39-75(70)86)65-49-78-80-79(50-65)85(67-46-63(57-25-9-3-10-26-57)43-64(47-67)58-27-11-4-12-28-58)77-35-18-15-32-72(77)81(80)71-31-14-17-34-76(71)84(78)66-44-61(55-21-5-1-6-22-55)42-62(45-66)56-23-7-2-8-24-56/h1-50H. The molecular weight excluding hydrogens is 1040 g/mol. The largest absolute Gasteiger partial charge is 0.311 e. The van der Waals surface area contributed by atoms with Gasteiger partial charge in [0.15, 0.2) is 0 Å². The van der Waals surface area contributed by atoms with Gasteiger partial charge in [0.05, 0.1) is 40.0 Å². The molecule has 6 heteroatoms. The number of hydrogen-bond donors (Lipinski definition) is 0. The van der Waals surface area contributed by atoms with Crippen LogP contribution < -0.4 is 26.2 Å². The Balaban J connectivity index is 0.987. The van der Waals surface area contributed by atoms with Gasteiger partial charge >= 0.3 is 0 Å². The predicted octanol–water partition coefficient (Wildman–Crippen LogP) is 18.6. The second-order valence-corrected chi connectivity index (χ2v) is 22.3. The first-order valence-electron chi connectivity index (χ1n) is 29.1. The van der Waals surface area contributed by atoms with E-state index in [1.165, 1.54) is 16.4 Å². The maximum Gasteiger partial charge on any atom is 0.252 e. The first-order chi connectivity index (χ1) is 42.5. The fourth-order valence-electron chi connectivity index (χ4n) is 13.5. The van der Waals surface area contributed by atoms with Crippen molar-refractivity contribution >= 4 is 79.0 Å². The first-order valence-corrected chi connectivity index (χ1v) is 29.1. The number of para-hydroxylation sites is 3. The van der Waals surface area contributed by atoms with Gasteiger partial charge in [0.25, 0.3) is 6.71 Å². The summed E-state index contributed by atoms with van der Waals surface area (Å²) >= 11 is 0. The van der Waals surface area contributed by atoms with Crippen LogP contribution in [0.1, 0.15) is 11.1 Å². The Morgan fingerprint density at radius 2 is 0.709 bits per heavy atom. The summed E-state index contributed by atoms with van der Waals surface area (Å²) in [6.07, 6.45) is 0. The van der Waals surface area contributed by atoms with Crippen LogP contribution in [0.5, 0.6) is 0 Å². The second kappa shape index (κ2) is 20.6. The zero-order valence-electron chi connectivity index (χ0n) is 46.7. The van der Waals surface area contributed by atoms with Crippen molar-refractivity contribution in [3.8, 4) is 84.6 Å². The Kier molecular flexibility index (Phi) is 12.0. The Morgan fingerprint density at radius 3 is 1.23 bits per heavy atom. The van der Waals surface area contributed by atoms with E-state index in [1.807, 2.05) is 42.5 Å². The van der Waals surface area contributed by atoms with Gasteiger partial charge in [-0.1, -0.05) is 194 Å². The lowest BCUT2D eigenvalue weighted by Crippen LogP contribution is -2.61. The number of hydrogen-bond acceptors (Lipinski definition) is 4. The van der Waals surface area contributed by atoms with Crippen molar-refractivity contribution in [2.24, 2.45) is 0 Å². The maximum absolute atomic E-state index is 10.2. The van der Waals surface area contributed by atoms with Crippen molar-refractivity contribution in [3.05, 3.63) is 314 Å². The van der Waals surface area contributed by atoms with Crippen LogP contribution in [0, 0.1) is 22.7 Å². The van der Waals surface area contributed by atoms with Crippen molar-refractivity contribution in [2.45, 2.75) is 0 Å². The van der Waals surface area contributed by atoms with Gasteiger partial charge in [-0.05, 0) is 187 Å². The highest BCUT2D eigenvalue weighted by Gasteiger charge is 2.44. The molecule has 1 aromatic heterocycles. The maximum atomic E-state index is 10.2. The zero-order valence-corrected chi connectivity index (χ0v) is 46.7. The molecule has 5 nitrogen and oxygen atoms in total. The van der Waals surface area contributed by atoms with E-state index in [1.54, 1.807) is 0 Å². The van der Waals surface area contributed by atoms with Crippen LogP contribution in [0.15, 0.2) is 303 Å². The summed E-state index contributed by atoms with van der Waals surface area (Å²) in [6.45, 7) is -0.0957. The molecule has 0 saturated heterocycles. The summed E-state index contributed by atoms with van der Waals surface area (Å²) in [7, 11) is 0. The SMILES string of the molecule is N#Cc1cccc(-c2cc(C#N)ccc2-n2c3ccccc3c3cc(-c4cc5c6c(c4)N(c4cc(-c7ccccc7)cc(-c7ccccc7)c4)c4ccccc4B6c4ccccc4N5c4cc(-c5ccccc5)cc(-c5ccccc5)c4)ccc32)c1. The molecule has 398 valence electrons. The molecule has 3 heterocycles. The minimum absolute atomic E-state index is 0.0957. The highest BCUT2D eigenvalue weighted by molar-refractivity contribution is 7.00.